The highest BCUT2D eigenvalue weighted by molar-refractivity contribution is 5.97. The summed E-state index contributed by atoms with van der Waals surface area (Å²) in [6, 6.07) is 2.36. The molecule has 0 bridgehead atoms. The third-order valence-corrected chi connectivity index (χ3v) is 3.34. The van der Waals surface area contributed by atoms with E-state index in [-0.39, 0.29) is 17.9 Å². The van der Waals surface area contributed by atoms with Crippen LogP contribution in [-0.2, 0) is 19.0 Å². The van der Waals surface area contributed by atoms with Crippen molar-refractivity contribution in [2.45, 2.75) is 58.8 Å². The molecule has 1 rings (SSSR count). The molecule has 2 amide bonds. The standard InChI is InChI=1S/C20H29FN2O6/c1-19(2,3)28-11-15(23-18(26)29-20(4,5)6)16(24)22-14-9-8-12(10-13(14)21)17(25)27-7/h8-10,15H,11H2,1-7H3,(H,22,24)(H,23,26)/t15-/m0/s1. The second kappa shape index (κ2) is 9.69. The first-order valence-corrected chi connectivity index (χ1v) is 9.04. The van der Waals surface area contributed by atoms with Crippen molar-refractivity contribution in [2.24, 2.45) is 0 Å². The van der Waals surface area contributed by atoms with E-state index in [0.29, 0.717) is 0 Å². The number of carbonyl (C=O) groups excluding carboxylic acids is 3. The second-order valence-electron chi connectivity index (χ2n) is 8.30. The van der Waals surface area contributed by atoms with Gasteiger partial charge in [0.25, 0.3) is 0 Å². The van der Waals surface area contributed by atoms with Crippen molar-refractivity contribution in [2.75, 3.05) is 19.0 Å². The fraction of sp³-hybridized carbons (Fsp3) is 0.550. The molecule has 0 saturated carbocycles. The zero-order valence-corrected chi connectivity index (χ0v) is 17.8. The zero-order chi connectivity index (χ0) is 22.4. The predicted molar refractivity (Wildman–Crippen MR) is 105 cm³/mol. The zero-order valence-electron chi connectivity index (χ0n) is 17.8. The third-order valence-electron chi connectivity index (χ3n) is 3.34. The van der Waals surface area contributed by atoms with Crippen molar-refractivity contribution < 1.29 is 33.0 Å². The first-order valence-electron chi connectivity index (χ1n) is 9.04. The Balaban J connectivity index is 2.95. The van der Waals surface area contributed by atoms with Gasteiger partial charge in [-0.1, -0.05) is 0 Å². The van der Waals surface area contributed by atoms with Crippen LogP contribution < -0.4 is 10.6 Å². The maximum Gasteiger partial charge on any atom is 0.408 e. The van der Waals surface area contributed by atoms with Crippen molar-refractivity contribution in [3.63, 3.8) is 0 Å². The molecule has 1 atom stereocenters. The van der Waals surface area contributed by atoms with E-state index in [2.05, 4.69) is 15.4 Å². The van der Waals surface area contributed by atoms with Gasteiger partial charge in [-0.15, -0.1) is 0 Å². The monoisotopic (exact) mass is 412 g/mol. The van der Waals surface area contributed by atoms with Crippen LogP contribution in [0.3, 0.4) is 0 Å². The number of hydrogen-bond donors (Lipinski definition) is 2. The molecule has 1 aromatic rings. The van der Waals surface area contributed by atoms with E-state index in [4.69, 9.17) is 9.47 Å². The Labute approximate surface area is 170 Å². The summed E-state index contributed by atoms with van der Waals surface area (Å²) in [6.07, 6.45) is -0.809. The highest BCUT2D eigenvalue weighted by atomic mass is 19.1. The summed E-state index contributed by atoms with van der Waals surface area (Å²) in [5, 5.41) is 4.81. The van der Waals surface area contributed by atoms with E-state index in [1.54, 1.807) is 41.5 Å². The summed E-state index contributed by atoms with van der Waals surface area (Å²) in [4.78, 5) is 36.2. The van der Waals surface area contributed by atoms with Gasteiger partial charge in [0.1, 0.15) is 17.5 Å². The number of ether oxygens (including phenoxy) is 3. The van der Waals surface area contributed by atoms with Crippen LogP contribution >= 0.6 is 0 Å². The molecule has 0 heterocycles. The van der Waals surface area contributed by atoms with Gasteiger partial charge in [-0.25, -0.2) is 14.0 Å². The number of amides is 2. The van der Waals surface area contributed by atoms with Gasteiger partial charge in [-0.3, -0.25) is 4.79 Å². The van der Waals surface area contributed by atoms with Crippen molar-refractivity contribution in [3.05, 3.63) is 29.6 Å². The van der Waals surface area contributed by atoms with Crippen molar-refractivity contribution >= 4 is 23.7 Å². The number of benzene rings is 1. The smallest absolute Gasteiger partial charge is 0.408 e. The largest absolute Gasteiger partial charge is 0.465 e. The van der Waals surface area contributed by atoms with Gasteiger partial charge in [0, 0.05) is 0 Å². The lowest BCUT2D eigenvalue weighted by Crippen LogP contribution is -2.49. The number of esters is 1. The highest BCUT2D eigenvalue weighted by Gasteiger charge is 2.27. The summed E-state index contributed by atoms with van der Waals surface area (Å²) >= 11 is 0. The van der Waals surface area contributed by atoms with Crippen molar-refractivity contribution in [1.29, 1.82) is 0 Å². The lowest BCUT2D eigenvalue weighted by Gasteiger charge is -2.26. The van der Waals surface area contributed by atoms with Gasteiger partial charge in [0.15, 0.2) is 0 Å². The number of nitrogens with one attached hydrogen (secondary N) is 2. The molecule has 0 fully saturated rings. The highest BCUT2D eigenvalue weighted by Crippen LogP contribution is 2.17. The van der Waals surface area contributed by atoms with Gasteiger partial charge in [0.2, 0.25) is 5.91 Å². The number of anilines is 1. The van der Waals surface area contributed by atoms with Crippen LogP contribution in [0.5, 0.6) is 0 Å². The van der Waals surface area contributed by atoms with E-state index in [0.717, 1.165) is 6.07 Å². The normalized spacial score (nSPS) is 12.7. The lowest BCUT2D eigenvalue weighted by atomic mass is 10.1. The van der Waals surface area contributed by atoms with Gasteiger partial charge in [-0.2, -0.15) is 0 Å². The molecule has 9 heteroatoms. The topological polar surface area (TPSA) is 103 Å². The van der Waals surface area contributed by atoms with Crippen LogP contribution in [0.15, 0.2) is 18.2 Å². The molecule has 0 radical (unpaired) electrons. The molecule has 0 saturated heterocycles. The molecule has 0 aliphatic heterocycles. The Morgan fingerprint density at radius 3 is 2.17 bits per heavy atom. The average molecular weight is 412 g/mol. The van der Waals surface area contributed by atoms with Gasteiger partial charge < -0.3 is 24.8 Å². The molecular formula is C20H29FN2O6. The molecule has 29 heavy (non-hydrogen) atoms. The van der Waals surface area contributed by atoms with Crippen LogP contribution in [0.1, 0.15) is 51.9 Å². The molecular weight excluding hydrogens is 383 g/mol. The van der Waals surface area contributed by atoms with Gasteiger partial charge >= 0.3 is 12.1 Å². The molecule has 2 N–H and O–H groups in total. The minimum atomic E-state index is -1.14. The molecule has 0 aromatic heterocycles. The van der Waals surface area contributed by atoms with Crippen LogP contribution in [-0.4, -0.2) is 48.9 Å². The Kier molecular flexibility index (Phi) is 8.14. The maximum atomic E-state index is 14.3. The van der Waals surface area contributed by atoms with E-state index in [9.17, 15) is 18.8 Å². The maximum absolute atomic E-state index is 14.3. The predicted octanol–water partition coefficient (Wildman–Crippen LogP) is 3.26. The quantitative estimate of drug-likeness (QED) is 0.695. The Bertz CT molecular complexity index is 752. The molecule has 0 aliphatic rings. The summed E-state index contributed by atoms with van der Waals surface area (Å²) in [7, 11) is 1.18. The van der Waals surface area contributed by atoms with E-state index in [1.165, 1.54) is 19.2 Å². The Morgan fingerprint density at radius 2 is 1.69 bits per heavy atom. The molecule has 0 aliphatic carbocycles. The van der Waals surface area contributed by atoms with E-state index < -0.39 is 41.0 Å². The molecule has 1 aromatic carbocycles. The number of hydrogen-bond acceptors (Lipinski definition) is 6. The summed E-state index contributed by atoms with van der Waals surface area (Å²) in [5.74, 6) is -2.23. The summed E-state index contributed by atoms with van der Waals surface area (Å²) < 4.78 is 29.5. The minimum absolute atomic E-state index is 0.00231. The first kappa shape index (κ1) is 24.4. The molecule has 8 nitrogen and oxygen atoms in total. The Morgan fingerprint density at radius 1 is 1.07 bits per heavy atom. The summed E-state index contributed by atoms with van der Waals surface area (Å²) in [6.45, 7) is 10.3. The van der Waals surface area contributed by atoms with E-state index in [1.807, 2.05) is 0 Å². The number of rotatable bonds is 6. The molecule has 162 valence electrons. The van der Waals surface area contributed by atoms with Gasteiger partial charge in [-0.05, 0) is 59.7 Å². The number of alkyl carbamates (subject to hydrolysis) is 1. The number of halogens is 1. The summed E-state index contributed by atoms with van der Waals surface area (Å²) in [5.41, 5.74) is -1.48. The fourth-order valence-corrected chi connectivity index (χ4v) is 2.05. The molecule has 0 unspecified atom stereocenters. The second-order valence-corrected chi connectivity index (χ2v) is 8.30. The SMILES string of the molecule is COC(=O)c1ccc(NC(=O)[C@H](COC(C)(C)C)NC(=O)OC(C)(C)C)c(F)c1. The minimum Gasteiger partial charge on any atom is -0.465 e. The third kappa shape index (κ3) is 8.91. The van der Waals surface area contributed by atoms with Crippen LogP contribution in [0.25, 0.3) is 0 Å². The Hall–Kier alpha value is -2.68. The van der Waals surface area contributed by atoms with Crippen molar-refractivity contribution in [1.82, 2.24) is 5.32 Å². The molecule has 0 spiro atoms. The first-order chi connectivity index (χ1) is 13.2. The van der Waals surface area contributed by atoms with Crippen LogP contribution in [0.2, 0.25) is 0 Å². The number of carbonyl (C=O) groups is 3. The van der Waals surface area contributed by atoms with Crippen molar-refractivity contribution in [3.8, 4) is 0 Å². The fourth-order valence-electron chi connectivity index (χ4n) is 2.05. The lowest BCUT2D eigenvalue weighted by molar-refractivity contribution is -0.121. The van der Waals surface area contributed by atoms with E-state index >= 15 is 0 Å². The van der Waals surface area contributed by atoms with Gasteiger partial charge in [0.05, 0.1) is 30.6 Å². The number of methoxy groups -OCH3 is 1. The van der Waals surface area contributed by atoms with Crippen LogP contribution in [0, 0.1) is 5.82 Å². The van der Waals surface area contributed by atoms with Crippen LogP contribution in [0.4, 0.5) is 14.9 Å². The average Bonchev–Trinajstić information content (AvgIpc) is 2.57.